The highest BCUT2D eigenvalue weighted by Crippen LogP contribution is 2.22. The number of hydrogen-bond donors (Lipinski definition) is 2. The molecule has 2 N–H and O–H groups in total. The van der Waals surface area contributed by atoms with Crippen molar-refractivity contribution in [1.29, 1.82) is 0 Å². The summed E-state index contributed by atoms with van der Waals surface area (Å²) in [6, 6.07) is 26.3. The van der Waals surface area contributed by atoms with E-state index in [4.69, 9.17) is 14.2 Å². The zero-order valence-electron chi connectivity index (χ0n) is 24.9. The van der Waals surface area contributed by atoms with Crippen LogP contribution in [-0.4, -0.2) is 37.1 Å². The number of hydrogen-bond acceptors (Lipinski definition) is 8. The molecule has 10 heteroatoms. The Morgan fingerprint density at radius 3 is 1.98 bits per heavy atom. The maximum atomic E-state index is 12.7. The first-order valence-electron chi connectivity index (χ1n) is 13.9. The second-order valence-corrected chi connectivity index (χ2v) is 9.87. The van der Waals surface area contributed by atoms with Crippen molar-refractivity contribution in [1.82, 2.24) is 5.43 Å². The van der Waals surface area contributed by atoms with Crippen LogP contribution in [-0.2, 0) is 9.59 Å². The lowest BCUT2D eigenvalue weighted by Crippen LogP contribution is -2.19. The van der Waals surface area contributed by atoms with Crippen molar-refractivity contribution in [2.75, 3.05) is 12.4 Å². The van der Waals surface area contributed by atoms with E-state index >= 15 is 0 Å². The van der Waals surface area contributed by atoms with E-state index in [1.54, 1.807) is 111 Å². The summed E-state index contributed by atoms with van der Waals surface area (Å²) < 4.78 is 16.2. The minimum atomic E-state index is -0.680. The molecule has 0 atom stereocenters. The summed E-state index contributed by atoms with van der Waals surface area (Å²) in [5.74, 6) is -0.897. The van der Waals surface area contributed by atoms with Gasteiger partial charge in [-0.2, -0.15) is 5.10 Å². The zero-order valence-corrected chi connectivity index (χ0v) is 24.9. The second kappa shape index (κ2) is 15.4. The first-order valence-corrected chi connectivity index (χ1v) is 13.9. The minimum absolute atomic E-state index is 0.122. The number of nitrogens with one attached hydrogen (secondary N) is 2. The molecule has 0 saturated heterocycles. The lowest BCUT2D eigenvalue weighted by molar-refractivity contribution is -0.129. The van der Waals surface area contributed by atoms with Crippen molar-refractivity contribution in [3.05, 3.63) is 125 Å². The molecule has 0 spiro atoms. The van der Waals surface area contributed by atoms with Gasteiger partial charge in [0.1, 0.15) is 17.2 Å². The van der Waals surface area contributed by atoms with Crippen molar-refractivity contribution < 1.29 is 33.4 Å². The Morgan fingerprint density at radius 1 is 0.733 bits per heavy atom. The number of anilines is 1. The lowest BCUT2D eigenvalue weighted by atomic mass is 10.1. The number of carbonyl (C=O) groups excluding carboxylic acids is 4. The molecule has 0 unspecified atom stereocenters. The van der Waals surface area contributed by atoms with Crippen LogP contribution in [0.1, 0.15) is 45.7 Å². The van der Waals surface area contributed by atoms with Gasteiger partial charge >= 0.3 is 11.9 Å². The van der Waals surface area contributed by atoms with Crippen LogP contribution in [0, 0.1) is 5.92 Å². The lowest BCUT2D eigenvalue weighted by Gasteiger charge is -2.08. The summed E-state index contributed by atoms with van der Waals surface area (Å²) in [5.41, 5.74) is 4.63. The van der Waals surface area contributed by atoms with Gasteiger partial charge in [0.25, 0.3) is 5.91 Å². The Bertz CT molecular complexity index is 1730. The van der Waals surface area contributed by atoms with Gasteiger partial charge in [0.05, 0.1) is 18.9 Å². The fraction of sp³-hybridized carbons (Fsp3) is 0.114. The van der Waals surface area contributed by atoms with Crippen molar-refractivity contribution >= 4 is 41.7 Å². The zero-order chi connectivity index (χ0) is 32.2. The number of hydrazone groups is 1. The summed E-state index contributed by atoms with van der Waals surface area (Å²) in [6.07, 6.45) is 4.05. The van der Waals surface area contributed by atoms with Crippen LogP contribution in [0.2, 0.25) is 0 Å². The van der Waals surface area contributed by atoms with Gasteiger partial charge in [-0.05, 0) is 72.8 Å². The van der Waals surface area contributed by atoms with Crippen LogP contribution < -0.4 is 25.0 Å². The van der Waals surface area contributed by atoms with Crippen molar-refractivity contribution in [2.45, 2.75) is 13.8 Å². The number of rotatable bonds is 11. The highest BCUT2D eigenvalue weighted by atomic mass is 16.5. The Balaban J connectivity index is 1.36. The Hall–Kier alpha value is -6.03. The maximum Gasteiger partial charge on any atom is 0.343 e. The number of nitrogens with zero attached hydrogens (tertiary/aromatic N) is 1. The molecule has 45 heavy (non-hydrogen) atoms. The molecule has 0 aliphatic heterocycles. The molecule has 0 aromatic heterocycles. The molecule has 0 saturated carbocycles. The molecule has 0 fully saturated rings. The maximum absolute atomic E-state index is 12.7. The van der Waals surface area contributed by atoms with Crippen molar-refractivity contribution in [3.63, 3.8) is 0 Å². The van der Waals surface area contributed by atoms with E-state index in [1.165, 1.54) is 25.5 Å². The molecule has 0 heterocycles. The van der Waals surface area contributed by atoms with Gasteiger partial charge in [-0.15, -0.1) is 0 Å². The second-order valence-electron chi connectivity index (χ2n) is 9.87. The van der Waals surface area contributed by atoms with Crippen LogP contribution in [0.5, 0.6) is 17.2 Å². The highest BCUT2D eigenvalue weighted by Gasteiger charge is 2.12. The normalized spacial score (nSPS) is 10.9. The Labute approximate surface area is 260 Å². The SMILES string of the molecule is COc1ccc(C(=O)Oc2ccccc2/C=C/C(=O)Oc2ccccc2/C=N/NC(=O)c2ccc(NC(=O)C(C)C)cc2)cc1. The van der Waals surface area contributed by atoms with E-state index < -0.39 is 17.8 Å². The summed E-state index contributed by atoms with van der Waals surface area (Å²) in [5, 5.41) is 6.75. The van der Waals surface area contributed by atoms with Gasteiger partial charge in [-0.3, -0.25) is 9.59 Å². The van der Waals surface area contributed by atoms with Gasteiger partial charge < -0.3 is 19.5 Å². The first-order chi connectivity index (χ1) is 21.7. The summed E-state index contributed by atoms with van der Waals surface area (Å²) >= 11 is 0. The van der Waals surface area contributed by atoms with E-state index in [2.05, 4.69) is 15.8 Å². The molecule has 0 aliphatic carbocycles. The smallest absolute Gasteiger partial charge is 0.343 e. The third-order valence-corrected chi connectivity index (χ3v) is 6.28. The predicted molar refractivity (Wildman–Crippen MR) is 170 cm³/mol. The molecule has 0 radical (unpaired) electrons. The largest absolute Gasteiger partial charge is 0.497 e. The van der Waals surface area contributed by atoms with E-state index in [1.807, 2.05) is 0 Å². The number of benzene rings is 4. The number of esters is 2. The summed E-state index contributed by atoms with van der Waals surface area (Å²) in [7, 11) is 1.54. The predicted octanol–water partition coefficient (Wildman–Crippen LogP) is 5.89. The molecule has 0 aliphatic rings. The van der Waals surface area contributed by atoms with Crippen LogP contribution in [0.4, 0.5) is 5.69 Å². The molecule has 228 valence electrons. The van der Waals surface area contributed by atoms with Gasteiger partial charge in [0, 0.05) is 34.4 Å². The molecular weight excluding hydrogens is 574 g/mol. The number of carbonyl (C=O) groups is 4. The topological polar surface area (TPSA) is 132 Å². The van der Waals surface area contributed by atoms with Gasteiger partial charge in [0.15, 0.2) is 0 Å². The van der Waals surface area contributed by atoms with Crippen LogP contribution in [0.25, 0.3) is 6.08 Å². The Kier molecular flexibility index (Phi) is 10.9. The van der Waals surface area contributed by atoms with Crippen LogP contribution in [0.3, 0.4) is 0 Å². The number of ether oxygens (including phenoxy) is 3. The molecule has 4 rings (SSSR count). The quantitative estimate of drug-likeness (QED) is 0.0716. The number of amides is 2. The third kappa shape index (κ3) is 9.23. The standard InChI is InChI=1S/C35H31N3O7/c1-23(2)33(40)37-28-17-12-25(13-18-28)34(41)38-36-22-27-9-5-7-11-31(27)44-32(39)21-16-24-8-4-6-10-30(24)45-35(42)26-14-19-29(43-3)20-15-26/h4-23H,1-3H3,(H,37,40)(H,38,41)/b21-16+,36-22+. The van der Waals surface area contributed by atoms with Gasteiger partial charge in [-0.1, -0.05) is 44.2 Å². The van der Waals surface area contributed by atoms with Crippen molar-refractivity contribution in [2.24, 2.45) is 11.0 Å². The number of para-hydroxylation sites is 2. The third-order valence-electron chi connectivity index (χ3n) is 6.28. The monoisotopic (exact) mass is 605 g/mol. The molecule has 2 amide bonds. The van der Waals surface area contributed by atoms with Gasteiger partial charge in [-0.25, -0.2) is 15.0 Å². The van der Waals surface area contributed by atoms with Gasteiger partial charge in [0.2, 0.25) is 5.91 Å². The number of methoxy groups -OCH3 is 1. The average Bonchev–Trinajstić information content (AvgIpc) is 3.05. The first kappa shape index (κ1) is 31.9. The summed E-state index contributed by atoms with van der Waals surface area (Å²) in [4.78, 5) is 49.7. The molecule has 4 aromatic carbocycles. The summed E-state index contributed by atoms with van der Waals surface area (Å²) in [6.45, 7) is 3.58. The fourth-order valence-corrected chi connectivity index (χ4v) is 3.79. The molecule has 10 nitrogen and oxygen atoms in total. The fourth-order valence-electron chi connectivity index (χ4n) is 3.79. The molecule has 4 aromatic rings. The van der Waals surface area contributed by atoms with Crippen LogP contribution in [0.15, 0.2) is 108 Å². The van der Waals surface area contributed by atoms with E-state index in [-0.39, 0.29) is 23.3 Å². The molecule has 0 bridgehead atoms. The average molecular weight is 606 g/mol. The van der Waals surface area contributed by atoms with Crippen molar-refractivity contribution in [3.8, 4) is 17.2 Å². The van der Waals surface area contributed by atoms with Crippen LogP contribution >= 0.6 is 0 Å². The Morgan fingerprint density at radius 2 is 1.33 bits per heavy atom. The van der Waals surface area contributed by atoms with E-state index in [9.17, 15) is 19.2 Å². The van der Waals surface area contributed by atoms with E-state index in [0.717, 1.165) is 0 Å². The molecular formula is C35H31N3O7. The highest BCUT2D eigenvalue weighted by molar-refractivity contribution is 5.97. The van der Waals surface area contributed by atoms with E-state index in [0.29, 0.717) is 33.7 Å². The minimum Gasteiger partial charge on any atom is -0.497 e.